The first-order valence-electron chi connectivity index (χ1n) is 12.2. The van der Waals surface area contributed by atoms with Gasteiger partial charge in [0.2, 0.25) is 0 Å². The van der Waals surface area contributed by atoms with Crippen LogP contribution in [-0.2, 0) is 0 Å². The molecule has 170 valence electrons. The van der Waals surface area contributed by atoms with Gasteiger partial charge in [0, 0.05) is 13.1 Å². The second-order valence-electron chi connectivity index (χ2n) is 8.95. The van der Waals surface area contributed by atoms with Gasteiger partial charge in [-0.05, 0) is 52.9 Å². The van der Waals surface area contributed by atoms with Gasteiger partial charge in [-0.2, -0.15) is 0 Å². The van der Waals surface area contributed by atoms with Crippen LogP contribution in [0, 0.1) is 0 Å². The van der Waals surface area contributed by atoms with Crippen LogP contribution in [0.25, 0.3) is 0 Å². The van der Waals surface area contributed by atoms with Gasteiger partial charge in [-0.3, -0.25) is 0 Å². The van der Waals surface area contributed by atoms with Crippen molar-refractivity contribution < 1.29 is 10.2 Å². The minimum atomic E-state index is -0.163. The molecule has 0 aromatic heterocycles. The highest BCUT2D eigenvalue weighted by Crippen LogP contribution is 2.09. The third kappa shape index (κ3) is 19.2. The summed E-state index contributed by atoms with van der Waals surface area (Å²) in [6.07, 6.45) is 16.4. The summed E-state index contributed by atoms with van der Waals surface area (Å²) in [6, 6.07) is 0. The quantitative estimate of drug-likeness (QED) is 0.264. The Kier molecular flexibility index (Phi) is 20.0. The van der Waals surface area contributed by atoms with Crippen molar-refractivity contribution >= 4 is 0 Å². The Balaban J connectivity index is 3.51. The first kappa shape index (κ1) is 27.8. The van der Waals surface area contributed by atoms with E-state index in [9.17, 15) is 10.2 Å². The summed E-state index contributed by atoms with van der Waals surface area (Å²) in [5.41, 5.74) is 0. The maximum atomic E-state index is 10.1. The number of aliphatic hydroxyl groups is 2. The van der Waals surface area contributed by atoms with Crippen LogP contribution in [0.4, 0.5) is 0 Å². The smallest absolute Gasteiger partial charge is 0.0667 e. The lowest BCUT2D eigenvalue weighted by Gasteiger charge is -2.21. The molecule has 0 saturated heterocycles. The van der Waals surface area contributed by atoms with E-state index in [-0.39, 0.29) is 12.2 Å². The largest absolute Gasteiger partial charge is 0.392 e. The van der Waals surface area contributed by atoms with Gasteiger partial charge in [-0.15, -0.1) is 0 Å². The number of likely N-dealkylation sites (N-methyl/N-ethyl adjacent to an activating group) is 2. The van der Waals surface area contributed by atoms with Crippen molar-refractivity contribution in [2.75, 3.05) is 40.3 Å². The van der Waals surface area contributed by atoms with E-state index < -0.39 is 0 Å². The first-order chi connectivity index (χ1) is 13.5. The molecule has 0 rings (SSSR count). The van der Waals surface area contributed by atoms with Gasteiger partial charge < -0.3 is 20.0 Å². The van der Waals surface area contributed by atoms with Crippen LogP contribution in [0.2, 0.25) is 0 Å². The lowest BCUT2D eigenvalue weighted by Crippen LogP contribution is -2.30. The zero-order chi connectivity index (χ0) is 21.0. The summed E-state index contributed by atoms with van der Waals surface area (Å²) >= 11 is 0. The third-order valence-electron chi connectivity index (χ3n) is 5.66. The van der Waals surface area contributed by atoms with Crippen molar-refractivity contribution in [1.29, 1.82) is 0 Å². The third-order valence-corrected chi connectivity index (χ3v) is 5.66. The van der Waals surface area contributed by atoms with E-state index in [2.05, 4.69) is 37.7 Å². The van der Waals surface area contributed by atoms with E-state index in [1.807, 2.05) is 0 Å². The predicted octanol–water partition coefficient (Wildman–Crippen LogP) is 5.07. The Bertz CT molecular complexity index is 285. The van der Waals surface area contributed by atoms with Crippen molar-refractivity contribution in [2.24, 2.45) is 0 Å². The van der Waals surface area contributed by atoms with Crippen LogP contribution in [0.15, 0.2) is 0 Å². The van der Waals surface area contributed by atoms with Gasteiger partial charge in [-0.25, -0.2) is 0 Å². The SMILES string of the molecule is CCCCCCC(O)CN(C)CCCCCCN(C)CC(O)CCCCCC. The molecule has 28 heavy (non-hydrogen) atoms. The summed E-state index contributed by atoms with van der Waals surface area (Å²) < 4.78 is 0. The van der Waals surface area contributed by atoms with Crippen molar-refractivity contribution in [3.63, 3.8) is 0 Å². The fraction of sp³-hybridized carbons (Fsp3) is 1.00. The summed E-state index contributed by atoms with van der Waals surface area (Å²) in [4.78, 5) is 4.57. The molecule has 2 atom stereocenters. The summed E-state index contributed by atoms with van der Waals surface area (Å²) in [7, 11) is 4.26. The summed E-state index contributed by atoms with van der Waals surface area (Å²) in [5.74, 6) is 0. The monoisotopic (exact) mass is 400 g/mol. The van der Waals surface area contributed by atoms with Gasteiger partial charge in [0.25, 0.3) is 0 Å². The zero-order valence-corrected chi connectivity index (χ0v) is 19.7. The Morgan fingerprint density at radius 2 is 0.893 bits per heavy atom. The Morgan fingerprint density at radius 1 is 0.536 bits per heavy atom. The molecule has 0 amide bonds. The van der Waals surface area contributed by atoms with Crippen LogP contribution < -0.4 is 0 Å². The highest BCUT2D eigenvalue weighted by atomic mass is 16.3. The van der Waals surface area contributed by atoms with Gasteiger partial charge in [-0.1, -0.05) is 78.1 Å². The zero-order valence-electron chi connectivity index (χ0n) is 19.7. The van der Waals surface area contributed by atoms with Crippen molar-refractivity contribution in [2.45, 2.75) is 116 Å². The Hall–Kier alpha value is -0.160. The molecule has 0 bridgehead atoms. The summed E-state index contributed by atoms with van der Waals surface area (Å²) in [5, 5.41) is 20.2. The molecule has 0 radical (unpaired) electrons. The first-order valence-corrected chi connectivity index (χ1v) is 12.2. The molecule has 0 spiro atoms. The second kappa shape index (κ2) is 20.1. The maximum absolute atomic E-state index is 10.1. The lowest BCUT2D eigenvalue weighted by atomic mass is 10.1. The van der Waals surface area contributed by atoms with E-state index in [0.717, 1.165) is 51.9 Å². The fourth-order valence-corrected chi connectivity index (χ4v) is 3.82. The topological polar surface area (TPSA) is 46.9 Å². The molecule has 0 aromatic rings. The van der Waals surface area contributed by atoms with Crippen LogP contribution in [-0.4, -0.2) is 72.5 Å². The van der Waals surface area contributed by atoms with E-state index in [4.69, 9.17) is 0 Å². The number of hydrogen-bond acceptors (Lipinski definition) is 4. The predicted molar refractivity (Wildman–Crippen MR) is 123 cm³/mol. The molecule has 2 N–H and O–H groups in total. The van der Waals surface area contributed by atoms with Crippen LogP contribution in [0.3, 0.4) is 0 Å². The molecule has 0 heterocycles. The molecule has 2 unspecified atom stereocenters. The van der Waals surface area contributed by atoms with Crippen molar-refractivity contribution in [3.8, 4) is 0 Å². The average molecular weight is 401 g/mol. The molecule has 0 aliphatic rings. The molecule has 0 aliphatic carbocycles. The Morgan fingerprint density at radius 3 is 1.25 bits per heavy atom. The van der Waals surface area contributed by atoms with E-state index >= 15 is 0 Å². The minimum absolute atomic E-state index is 0.163. The molecule has 4 heteroatoms. The maximum Gasteiger partial charge on any atom is 0.0667 e. The standard InChI is InChI=1S/C24H52N2O2/c1-5-7-9-13-17-23(27)21-25(3)19-15-11-12-16-20-26(4)22-24(28)18-14-10-8-6-2/h23-24,27-28H,5-22H2,1-4H3. The number of unbranched alkanes of at least 4 members (excludes halogenated alkanes) is 9. The Labute approximate surface area is 176 Å². The normalized spacial score (nSPS) is 14.1. The number of nitrogens with zero attached hydrogens (tertiary/aromatic N) is 2. The lowest BCUT2D eigenvalue weighted by molar-refractivity contribution is 0.112. The van der Waals surface area contributed by atoms with Crippen LogP contribution in [0.5, 0.6) is 0 Å². The molecular weight excluding hydrogens is 348 g/mol. The summed E-state index contributed by atoms with van der Waals surface area (Å²) in [6.45, 7) is 8.23. The van der Waals surface area contributed by atoms with Crippen molar-refractivity contribution in [1.82, 2.24) is 9.80 Å². The highest BCUT2D eigenvalue weighted by Gasteiger charge is 2.09. The van der Waals surface area contributed by atoms with E-state index in [1.54, 1.807) is 0 Å². The fourth-order valence-electron chi connectivity index (χ4n) is 3.82. The van der Waals surface area contributed by atoms with Crippen LogP contribution >= 0.6 is 0 Å². The van der Waals surface area contributed by atoms with Gasteiger partial charge in [0.15, 0.2) is 0 Å². The van der Waals surface area contributed by atoms with E-state index in [1.165, 1.54) is 64.2 Å². The molecule has 4 nitrogen and oxygen atoms in total. The molecule has 0 saturated carbocycles. The number of aliphatic hydroxyl groups excluding tert-OH is 2. The van der Waals surface area contributed by atoms with Gasteiger partial charge in [0.1, 0.15) is 0 Å². The molecule has 0 aromatic carbocycles. The number of hydrogen-bond donors (Lipinski definition) is 2. The molecular formula is C24H52N2O2. The minimum Gasteiger partial charge on any atom is -0.392 e. The molecule has 0 aliphatic heterocycles. The highest BCUT2D eigenvalue weighted by molar-refractivity contribution is 4.64. The van der Waals surface area contributed by atoms with Gasteiger partial charge in [0.05, 0.1) is 12.2 Å². The number of rotatable bonds is 21. The average Bonchev–Trinajstić information content (AvgIpc) is 2.65. The molecule has 0 fully saturated rings. The van der Waals surface area contributed by atoms with Crippen molar-refractivity contribution in [3.05, 3.63) is 0 Å². The van der Waals surface area contributed by atoms with Crippen LogP contribution in [0.1, 0.15) is 104 Å². The second-order valence-corrected chi connectivity index (χ2v) is 8.95. The van der Waals surface area contributed by atoms with Gasteiger partial charge >= 0.3 is 0 Å². The van der Waals surface area contributed by atoms with E-state index in [0.29, 0.717) is 0 Å².